The van der Waals surface area contributed by atoms with E-state index >= 15 is 0 Å². The number of carbonyl (C=O) groups excluding carboxylic acids is 1. The summed E-state index contributed by atoms with van der Waals surface area (Å²) in [5.41, 5.74) is -0.263. The van der Waals surface area contributed by atoms with Crippen molar-refractivity contribution in [2.45, 2.75) is 59.2 Å². The van der Waals surface area contributed by atoms with Gasteiger partial charge in [-0.05, 0) is 50.8 Å². The Morgan fingerprint density at radius 1 is 1.31 bits per heavy atom. The minimum Gasteiger partial charge on any atom is -0.487 e. The van der Waals surface area contributed by atoms with Gasteiger partial charge in [-0.15, -0.1) is 0 Å². The predicted molar refractivity (Wildman–Crippen MR) is 106 cm³/mol. The standard InChI is InChI=1S/C20H32ClNO4/c1-7-10-25-20(5,12-14(2)3)19(23)22-16-8-9-18(17(21)11-16)26-15(4)13-24-6/h8-9,11,14-15H,7,10,12-13H2,1-6H3,(H,22,23)/t15-,20-/m0/s1. The lowest BCUT2D eigenvalue weighted by molar-refractivity contribution is -0.141. The van der Waals surface area contributed by atoms with E-state index < -0.39 is 5.60 Å². The first kappa shape index (κ1) is 22.7. The average molecular weight is 386 g/mol. The van der Waals surface area contributed by atoms with Gasteiger partial charge in [0.15, 0.2) is 0 Å². The quantitative estimate of drug-likeness (QED) is 0.587. The zero-order chi connectivity index (χ0) is 19.7. The van der Waals surface area contributed by atoms with Crippen molar-refractivity contribution in [3.05, 3.63) is 23.2 Å². The fourth-order valence-electron chi connectivity index (χ4n) is 2.75. The fraction of sp³-hybridized carbons (Fsp3) is 0.650. The summed E-state index contributed by atoms with van der Waals surface area (Å²) < 4.78 is 16.7. The summed E-state index contributed by atoms with van der Waals surface area (Å²) >= 11 is 6.29. The number of ether oxygens (including phenoxy) is 3. The number of rotatable bonds is 11. The van der Waals surface area contributed by atoms with Crippen LogP contribution in [-0.4, -0.2) is 37.9 Å². The molecule has 148 valence electrons. The van der Waals surface area contributed by atoms with Gasteiger partial charge in [0.2, 0.25) is 0 Å². The highest BCUT2D eigenvalue weighted by Gasteiger charge is 2.35. The molecule has 0 unspecified atom stereocenters. The molecule has 1 aromatic rings. The second kappa shape index (κ2) is 10.8. The predicted octanol–water partition coefficient (Wildman–Crippen LogP) is 4.92. The number of anilines is 1. The van der Waals surface area contributed by atoms with Crippen LogP contribution in [0, 0.1) is 5.92 Å². The molecule has 0 aliphatic heterocycles. The molecule has 1 rings (SSSR count). The fourth-order valence-corrected chi connectivity index (χ4v) is 2.97. The number of carbonyl (C=O) groups is 1. The maximum Gasteiger partial charge on any atom is 0.256 e. The number of hydrogen-bond acceptors (Lipinski definition) is 4. The summed E-state index contributed by atoms with van der Waals surface area (Å²) in [4.78, 5) is 12.8. The molecule has 0 radical (unpaired) electrons. The van der Waals surface area contributed by atoms with Gasteiger partial charge in [0.05, 0.1) is 11.6 Å². The molecule has 1 amide bonds. The number of hydrogen-bond donors (Lipinski definition) is 1. The van der Waals surface area contributed by atoms with Crippen LogP contribution in [0.3, 0.4) is 0 Å². The Bertz CT molecular complexity index is 579. The Morgan fingerprint density at radius 2 is 2.00 bits per heavy atom. The Balaban J connectivity index is 2.85. The van der Waals surface area contributed by atoms with E-state index in [-0.39, 0.29) is 12.0 Å². The largest absolute Gasteiger partial charge is 0.487 e. The van der Waals surface area contributed by atoms with Crippen molar-refractivity contribution in [1.82, 2.24) is 0 Å². The molecule has 0 aliphatic rings. The van der Waals surface area contributed by atoms with Crippen molar-refractivity contribution in [2.75, 3.05) is 25.6 Å². The van der Waals surface area contributed by atoms with Crippen LogP contribution >= 0.6 is 11.6 Å². The van der Waals surface area contributed by atoms with E-state index in [2.05, 4.69) is 19.2 Å². The molecule has 6 heteroatoms. The summed E-state index contributed by atoms with van der Waals surface area (Å²) in [6.45, 7) is 10.9. The number of amides is 1. The van der Waals surface area contributed by atoms with Gasteiger partial charge in [-0.1, -0.05) is 32.4 Å². The number of halogens is 1. The monoisotopic (exact) mass is 385 g/mol. The third-order valence-corrected chi connectivity index (χ3v) is 4.12. The highest BCUT2D eigenvalue weighted by Crippen LogP contribution is 2.30. The summed E-state index contributed by atoms with van der Waals surface area (Å²) in [5.74, 6) is 0.725. The minimum absolute atomic E-state index is 0.116. The Labute approximate surface area is 162 Å². The van der Waals surface area contributed by atoms with E-state index in [4.69, 9.17) is 25.8 Å². The average Bonchev–Trinajstić information content (AvgIpc) is 2.55. The van der Waals surface area contributed by atoms with E-state index in [1.165, 1.54) is 0 Å². The van der Waals surface area contributed by atoms with Crippen LogP contribution in [0.15, 0.2) is 18.2 Å². The zero-order valence-corrected chi connectivity index (χ0v) is 17.5. The number of nitrogens with one attached hydrogen (secondary N) is 1. The summed E-state index contributed by atoms with van der Waals surface area (Å²) in [6, 6.07) is 5.20. The second-order valence-corrected chi connectivity index (χ2v) is 7.57. The molecule has 0 aliphatic carbocycles. The lowest BCUT2D eigenvalue weighted by Gasteiger charge is -2.30. The van der Waals surface area contributed by atoms with Crippen LogP contribution in [0.5, 0.6) is 5.75 Å². The molecule has 5 nitrogen and oxygen atoms in total. The van der Waals surface area contributed by atoms with E-state index in [1.54, 1.807) is 25.3 Å². The third kappa shape index (κ3) is 7.14. The SMILES string of the molecule is CCCO[C@@](C)(CC(C)C)C(=O)Nc1ccc(O[C@@H](C)COC)c(Cl)c1. The second-order valence-electron chi connectivity index (χ2n) is 7.16. The smallest absolute Gasteiger partial charge is 0.256 e. The van der Waals surface area contributed by atoms with Crippen LogP contribution in [0.4, 0.5) is 5.69 Å². The van der Waals surface area contributed by atoms with Crippen molar-refractivity contribution in [3.8, 4) is 5.75 Å². The first-order valence-electron chi connectivity index (χ1n) is 9.12. The van der Waals surface area contributed by atoms with Gasteiger partial charge >= 0.3 is 0 Å². The van der Waals surface area contributed by atoms with Crippen LogP contribution in [0.1, 0.15) is 47.5 Å². The van der Waals surface area contributed by atoms with Crippen molar-refractivity contribution >= 4 is 23.2 Å². The molecule has 0 bridgehead atoms. The molecule has 0 heterocycles. The van der Waals surface area contributed by atoms with Crippen molar-refractivity contribution in [1.29, 1.82) is 0 Å². The van der Waals surface area contributed by atoms with Crippen molar-refractivity contribution in [2.24, 2.45) is 5.92 Å². The normalized spacial score (nSPS) is 14.8. The maximum atomic E-state index is 12.8. The van der Waals surface area contributed by atoms with Gasteiger partial charge in [0, 0.05) is 19.4 Å². The molecule has 0 saturated heterocycles. The molecule has 1 N–H and O–H groups in total. The first-order valence-corrected chi connectivity index (χ1v) is 9.50. The Morgan fingerprint density at radius 3 is 2.54 bits per heavy atom. The van der Waals surface area contributed by atoms with Gasteiger partial charge in [0.1, 0.15) is 17.5 Å². The van der Waals surface area contributed by atoms with Gasteiger partial charge < -0.3 is 19.5 Å². The van der Waals surface area contributed by atoms with Gasteiger partial charge in [0.25, 0.3) is 5.91 Å². The van der Waals surface area contributed by atoms with E-state index in [0.29, 0.717) is 42.0 Å². The molecule has 2 atom stereocenters. The summed E-state index contributed by atoms with van der Waals surface area (Å²) in [6.07, 6.45) is 1.38. The number of methoxy groups -OCH3 is 1. The van der Waals surface area contributed by atoms with Gasteiger partial charge in [-0.2, -0.15) is 0 Å². The van der Waals surface area contributed by atoms with E-state index in [9.17, 15) is 4.79 Å². The molecule has 1 aromatic carbocycles. The van der Waals surface area contributed by atoms with Gasteiger partial charge in [-0.25, -0.2) is 0 Å². The lowest BCUT2D eigenvalue weighted by Crippen LogP contribution is -2.44. The minimum atomic E-state index is -0.876. The lowest BCUT2D eigenvalue weighted by atomic mass is 9.93. The molecule has 0 aromatic heterocycles. The highest BCUT2D eigenvalue weighted by molar-refractivity contribution is 6.32. The van der Waals surface area contributed by atoms with Crippen LogP contribution < -0.4 is 10.1 Å². The van der Waals surface area contributed by atoms with Crippen molar-refractivity contribution < 1.29 is 19.0 Å². The van der Waals surface area contributed by atoms with Crippen LogP contribution in [0.2, 0.25) is 5.02 Å². The number of benzene rings is 1. The van der Waals surface area contributed by atoms with E-state index in [1.807, 2.05) is 20.8 Å². The molecule has 0 spiro atoms. The third-order valence-electron chi connectivity index (χ3n) is 3.82. The topological polar surface area (TPSA) is 56.8 Å². The maximum absolute atomic E-state index is 12.8. The van der Waals surface area contributed by atoms with Crippen LogP contribution in [0.25, 0.3) is 0 Å². The summed E-state index contributed by atoms with van der Waals surface area (Å²) in [7, 11) is 1.62. The zero-order valence-electron chi connectivity index (χ0n) is 16.7. The summed E-state index contributed by atoms with van der Waals surface area (Å²) in [5, 5.41) is 3.35. The van der Waals surface area contributed by atoms with Gasteiger partial charge in [-0.3, -0.25) is 4.79 Å². The Hall–Kier alpha value is -1.30. The molecule has 0 fully saturated rings. The van der Waals surface area contributed by atoms with Crippen LogP contribution in [-0.2, 0) is 14.3 Å². The first-order chi connectivity index (χ1) is 12.2. The molecule has 26 heavy (non-hydrogen) atoms. The molecular formula is C20H32ClNO4. The molecule has 0 saturated carbocycles. The Kier molecular flexibility index (Phi) is 9.41. The van der Waals surface area contributed by atoms with E-state index in [0.717, 1.165) is 6.42 Å². The van der Waals surface area contributed by atoms with Crippen molar-refractivity contribution in [3.63, 3.8) is 0 Å². The highest BCUT2D eigenvalue weighted by atomic mass is 35.5. The molecular weight excluding hydrogens is 354 g/mol.